The van der Waals surface area contributed by atoms with Crippen molar-refractivity contribution in [3.8, 4) is 17.0 Å². The van der Waals surface area contributed by atoms with Gasteiger partial charge in [0.05, 0.1) is 21.5 Å². The zero-order chi connectivity index (χ0) is 35.2. The smallest absolute Gasteiger partial charge is 0.406 e. The number of aromatic nitrogens is 1. The number of nitrogens with zero attached hydrogens (tertiary/aromatic N) is 1. The van der Waals surface area contributed by atoms with E-state index in [9.17, 15) is 31.2 Å². The molecule has 4 rings (SSSR count). The van der Waals surface area contributed by atoms with Crippen LogP contribution in [-0.4, -0.2) is 42.2 Å². The van der Waals surface area contributed by atoms with Crippen LogP contribution >= 0.6 is 0 Å². The Kier molecular flexibility index (Phi) is 9.35. The van der Waals surface area contributed by atoms with Crippen molar-refractivity contribution >= 4 is 32.6 Å². The predicted octanol–water partition coefficient (Wildman–Crippen LogP) is 7.15. The van der Waals surface area contributed by atoms with Crippen molar-refractivity contribution in [2.24, 2.45) is 0 Å². The fourth-order valence-corrected chi connectivity index (χ4v) is 6.88. The number of halogens is 3. The van der Waals surface area contributed by atoms with Crippen molar-refractivity contribution in [2.75, 3.05) is 0 Å². The van der Waals surface area contributed by atoms with E-state index in [2.05, 4.69) is 15.4 Å². The third kappa shape index (κ3) is 8.16. The number of ether oxygens (including phenoxy) is 1. The lowest BCUT2D eigenvalue weighted by atomic mass is 9.82. The predicted molar refractivity (Wildman–Crippen MR) is 175 cm³/mol. The Morgan fingerprint density at radius 3 is 1.89 bits per heavy atom. The lowest BCUT2D eigenvalue weighted by Gasteiger charge is -2.30. The lowest BCUT2D eigenvalue weighted by molar-refractivity contribution is -0.274. The number of sulfone groups is 1. The Morgan fingerprint density at radius 2 is 1.36 bits per heavy atom. The minimum atomic E-state index is -4.92. The maximum atomic E-state index is 14.5. The highest BCUT2D eigenvalue weighted by Gasteiger charge is 2.36. The van der Waals surface area contributed by atoms with E-state index >= 15 is 0 Å². The molecule has 2 N–H and O–H groups in total. The van der Waals surface area contributed by atoms with Crippen LogP contribution in [0.15, 0.2) is 82.6 Å². The van der Waals surface area contributed by atoms with E-state index in [-0.39, 0.29) is 38.9 Å². The first kappa shape index (κ1) is 35.5. The molecule has 0 saturated heterocycles. The van der Waals surface area contributed by atoms with Gasteiger partial charge in [0.2, 0.25) is 21.7 Å². The van der Waals surface area contributed by atoms with Crippen molar-refractivity contribution in [2.45, 2.75) is 94.6 Å². The van der Waals surface area contributed by atoms with Gasteiger partial charge < -0.3 is 19.9 Å². The molecular weight excluding hydrogens is 631 g/mol. The van der Waals surface area contributed by atoms with Crippen molar-refractivity contribution in [3.05, 3.63) is 78.4 Å². The molecule has 0 aliphatic carbocycles. The Labute approximate surface area is 273 Å². The topological polar surface area (TPSA) is 106 Å². The third-order valence-electron chi connectivity index (χ3n) is 7.29. The molecule has 47 heavy (non-hydrogen) atoms. The second-order valence-electron chi connectivity index (χ2n) is 14.0. The summed E-state index contributed by atoms with van der Waals surface area (Å²) >= 11 is 0. The normalized spacial score (nSPS) is 13.0. The van der Waals surface area contributed by atoms with Crippen LogP contribution in [0.3, 0.4) is 0 Å². The molecule has 3 aromatic carbocycles. The Morgan fingerprint density at radius 1 is 0.787 bits per heavy atom. The van der Waals surface area contributed by atoms with Gasteiger partial charge in [-0.15, -0.1) is 13.2 Å². The second kappa shape index (κ2) is 12.4. The van der Waals surface area contributed by atoms with Gasteiger partial charge in [-0.1, -0.05) is 24.3 Å². The van der Waals surface area contributed by atoms with Crippen LogP contribution in [-0.2, 0) is 31.4 Å². The number of rotatable bonds is 8. The van der Waals surface area contributed by atoms with Crippen molar-refractivity contribution in [3.63, 3.8) is 0 Å². The van der Waals surface area contributed by atoms with E-state index in [0.29, 0.717) is 11.1 Å². The zero-order valence-corrected chi connectivity index (χ0v) is 28.5. The number of hydrogen-bond acceptors (Lipinski definition) is 5. The van der Waals surface area contributed by atoms with Gasteiger partial charge in [0.25, 0.3) is 0 Å². The maximum Gasteiger partial charge on any atom is 0.573 e. The van der Waals surface area contributed by atoms with E-state index in [0.717, 1.165) is 12.1 Å². The fourth-order valence-electron chi connectivity index (χ4n) is 5.20. The molecule has 0 radical (unpaired) electrons. The van der Waals surface area contributed by atoms with Gasteiger partial charge in [-0.2, -0.15) is 0 Å². The van der Waals surface area contributed by atoms with Gasteiger partial charge in [0.15, 0.2) is 0 Å². The second-order valence-corrected chi connectivity index (χ2v) is 15.9. The average Bonchev–Trinajstić information content (AvgIpc) is 3.25. The molecule has 0 bridgehead atoms. The fraction of sp³-hybridized carbons (Fsp3) is 0.371. The summed E-state index contributed by atoms with van der Waals surface area (Å²) in [5.41, 5.74) is -0.997. The summed E-state index contributed by atoms with van der Waals surface area (Å²) in [5, 5.41) is 6.12. The molecule has 1 aromatic heterocycles. The first-order valence-electron chi connectivity index (χ1n) is 15.0. The Balaban J connectivity index is 2.08. The molecule has 0 aliphatic heterocycles. The zero-order valence-electron chi connectivity index (χ0n) is 27.7. The Hall–Kier alpha value is -4.32. The highest BCUT2D eigenvalue weighted by atomic mass is 32.2. The largest absolute Gasteiger partial charge is 0.573 e. The van der Waals surface area contributed by atoms with Crippen LogP contribution < -0.4 is 15.4 Å². The minimum Gasteiger partial charge on any atom is -0.406 e. The standard InChI is InChI=1S/C35H40F3N3O5S/c1-32(2,3)39-28(42)21-41-27-19-16-23(34(7,8)31(43)40-33(4,5)6)20-26(27)30(47(44,45)25-12-10-9-11-13-25)29(41)22-14-17-24(18-15-22)46-35(36,37)38/h9-20H,21H2,1-8H3,(H,39,42)(H,40,43). The molecule has 8 nitrogen and oxygen atoms in total. The first-order chi connectivity index (χ1) is 21.5. The molecule has 252 valence electrons. The lowest BCUT2D eigenvalue weighted by Crippen LogP contribution is -2.48. The number of fused-ring (bicyclic) bond motifs is 1. The average molecular weight is 672 g/mol. The molecule has 2 amide bonds. The molecule has 0 unspecified atom stereocenters. The number of nitrogens with one attached hydrogen (secondary N) is 2. The molecule has 0 fully saturated rings. The van der Waals surface area contributed by atoms with Crippen molar-refractivity contribution < 1.29 is 35.9 Å². The minimum absolute atomic E-state index is 0.0217. The number of carbonyl (C=O) groups excluding carboxylic acids is 2. The summed E-state index contributed by atoms with van der Waals surface area (Å²) in [6.07, 6.45) is -4.92. The van der Waals surface area contributed by atoms with E-state index in [1.54, 1.807) is 71.0 Å². The summed E-state index contributed by atoms with van der Waals surface area (Å²) in [4.78, 5) is 26.6. The summed E-state index contributed by atoms with van der Waals surface area (Å²) in [6, 6.07) is 17.5. The molecular formula is C35H40F3N3O5S. The summed E-state index contributed by atoms with van der Waals surface area (Å²) in [6.45, 7) is 14.1. The van der Waals surface area contributed by atoms with Gasteiger partial charge in [-0.3, -0.25) is 9.59 Å². The van der Waals surface area contributed by atoms with Crippen molar-refractivity contribution in [1.29, 1.82) is 0 Å². The highest BCUT2D eigenvalue weighted by Crippen LogP contribution is 2.42. The SMILES string of the molecule is CC(C)(C)NC(=O)Cn1c(-c2ccc(OC(F)(F)F)cc2)c(S(=O)(=O)c2ccccc2)c2cc(C(C)(C)C(=O)NC(C)(C)C)ccc21. The van der Waals surface area contributed by atoms with Crippen LogP contribution in [0.1, 0.15) is 61.0 Å². The van der Waals surface area contributed by atoms with E-state index in [4.69, 9.17) is 0 Å². The van der Waals surface area contributed by atoms with Gasteiger partial charge >= 0.3 is 6.36 Å². The third-order valence-corrected chi connectivity index (χ3v) is 9.14. The number of alkyl halides is 3. The summed E-state index contributed by atoms with van der Waals surface area (Å²) < 4.78 is 73.5. The van der Waals surface area contributed by atoms with Gasteiger partial charge in [0.1, 0.15) is 17.2 Å². The molecule has 0 saturated carbocycles. The number of benzene rings is 3. The monoisotopic (exact) mass is 671 g/mol. The molecule has 0 spiro atoms. The van der Waals surface area contributed by atoms with E-state index in [1.807, 2.05) is 20.8 Å². The van der Waals surface area contributed by atoms with E-state index < -0.39 is 44.3 Å². The van der Waals surface area contributed by atoms with Gasteiger partial charge in [-0.25, -0.2) is 8.42 Å². The first-order valence-corrected chi connectivity index (χ1v) is 16.4. The quantitative estimate of drug-likeness (QED) is 0.207. The van der Waals surface area contributed by atoms with Gasteiger partial charge in [0, 0.05) is 16.5 Å². The number of carbonyl (C=O) groups is 2. The van der Waals surface area contributed by atoms with Crippen LogP contribution in [0, 0.1) is 0 Å². The van der Waals surface area contributed by atoms with Gasteiger partial charge in [-0.05, 0) is 115 Å². The van der Waals surface area contributed by atoms with Crippen LogP contribution in [0.25, 0.3) is 22.2 Å². The van der Waals surface area contributed by atoms with Crippen molar-refractivity contribution in [1.82, 2.24) is 15.2 Å². The Bertz CT molecular complexity index is 1900. The molecule has 0 aliphatic rings. The molecule has 1 heterocycles. The highest BCUT2D eigenvalue weighted by molar-refractivity contribution is 7.91. The summed E-state index contributed by atoms with van der Waals surface area (Å²) in [5.74, 6) is -1.18. The molecule has 0 atom stereocenters. The number of amides is 2. The summed E-state index contributed by atoms with van der Waals surface area (Å²) in [7, 11) is -4.31. The molecule has 4 aromatic rings. The molecule has 12 heteroatoms. The van der Waals surface area contributed by atoms with Crippen LogP contribution in [0.2, 0.25) is 0 Å². The van der Waals surface area contributed by atoms with E-state index in [1.165, 1.54) is 28.8 Å². The van der Waals surface area contributed by atoms with Crippen LogP contribution in [0.4, 0.5) is 13.2 Å². The van der Waals surface area contributed by atoms with Crippen LogP contribution in [0.5, 0.6) is 5.75 Å². The number of hydrogen-bond donors (Lipinski definition) is 2. The maximum absolute atomic E-state index is 14.5.